The van der Waals surface area contributed by atoms with Crippen molar-refractivity contribution in [2.45, 2.75) is 46.1 Å². The van der Waals surface area contributed by atoms with E-state index >= 15 is 0 Å². The van der Waals surface area contributed by atoms with Crippen LogP contribution >= 0.6 is 0 Å². The number of rotatable bonds is 5. The van der Waals surface area contributed by atoms with Gasteiger partial charge in [-0.3, -0.25) is 9.59 Å². The van der Waals surface area contributed by atoms with Gasteiger partial charge in [0.1, 0.15) is 0 Å². The molecule has 0 radical (unpaired) electrons. The number of anilines is 1. The summed E-state index contributed by atoms with van der Waals surface area (Å²) in [7, 11) is 1.42. The predicted octanol–water partition coefficient (Wildman–Crippen LogP) is 2.91. The van der Waals surface area contributed by atoms with Crippen LogP contribution < -0.4 is 5.32 Å². The first-order chi connectivity index (χ1) is 11.4. The minimum absolute atomic E-state index is 0.0649. The molecule has 1 aliphatic heterocycles. The van der Waals surface area contributed by atoms with Gasteiger partial charge >= 0.3 is 5.97 Å². The van der Waals surface area contributed by atoms with Crippen molar-refractivity contribution in [2.75, 3.05) is 25.5 Å². The highest BCUT2D eigenvalue weighted by Crippen LogP contribution is 2.20. The molecule has 0 spiro atoms. The third-order valence-electron chi connectivity index (χ3n) is 4.50. The van der Waals surface area contributed by atoms with Crippen LogP contribution in [0.15, 0.2) is 18.2 Å². The van der Waals surface area contributed by atoms with E-state index in [1.54, 1.807) is 0 Å². The van der Waals surface area contributed by atoms with Crippen LogP contribution in [0.1, 0.15) is 37.3 Å². The molecule has 1 aromatic carbocycles. The average Bonchev–Trinajstić information content (AvgIpc) is 2.53. The average molecular weight is 332 g/mol. The Morgan fingerprint density at radius 2 is 1.79 bits per heavy atom. The zero-order valence-electron chi connectivity index (χ0n) is 15.1. The van der Waals surface area contributed by atoms with Crippen LogP contribution in [0.3, 0.4) is 0 Å². The molecule has 5 heteroatoms. The van der Waals surface area contributed by atoms with E-state index in [1.165, 1.54) is 18.2 Å². The fourth-order valence-corrected chi connectivity index (χ4v) is 3.32. The van der Waals surface area contributed by atoms with Gasteiger partial charge < -0.3 is 15.0 Å². The van der Waals surface area contributed by atoms with Crippen molar-refractivity contribution in [3.8, 4) is 0 Å². The van der Waals surface area contributed by atoms with E-state index in [9.17, 15) is 9.59 Å². The number of hydrogen-bond acceptors (Lipinski definition) is 4. The van der Waals surface area contributed by atoms with Crippen molar-refractivity contribution in [1.29, 1.82) is 0 Å². The maximum Gasteiger partial charge on any atom is 0.308 e. The van der Waals surface area contributed by atoms with Gasteiger partial charge in [0.15, 0.2) is 0 Å². The molecule has 1 amide bonds. The van der Waals surface area contributed by atoms with Crippen LogP contribution in [-0.4, -0.2) is 43.0 Å². The second-order valence-electron chi connectivity index (χ2n) is 6.80. The monoisotopic (exact) mass is 332 g/mol. The van der Waals surface area contributed by atoms with E-state index in [2.05, 4.69) is 37.4 Å². The highest BCUT2D eigenvalue weighted by Gasteiger charge is 2.28. The maximum atomic E-state index is 12.4. The summed E-state index contributed by atoms with van der Waals surface area (Å²) >= 11 is 0. The Balaban J connectivity index is 1.83. The van der Waals surface area contributed by atoms with Crippen molar-refractivity contribution in [2.24, 2.45) is 5.92 Å². The number of benzene rings is 1. The minimum atomic E-state index is -0.160. The molecule has 1 atom stereocenters. The third kappa shape index (κ3) is 4.98. The maximum absolute atomic E-state index is 12.4. The molecule has 0 aliphatic carbocycles. The first-order valence-corrected chi connectivity index (χ1v) is 8.59. The van der Waals surface area contributed by atoms with E-state index in [0.29, 0.717) is 32.4 Å². The number of piperidine rings is 1. The Labute approximate surface area is 144 Å². The fourth-order valence-electron chi connectivity index (χ4n) is 3.32. The Kier molecular flexibility index (Phi) is 6.23. The molecule has 1 saturated heterocycles. The predicted molar refractivity (Wildman–Crippen MR) is 94.9 cm³/mol. The molecular formula is C19H28N2O3. The fraction of sp³-hybridized carbons (Fsp3) is 0.579. The summed E-state index contributed by atoms with van der Waals surface area (Å²) in [6, 6.07) is 6.38. The normalized spacial score (nSPS) is 16.6. The largest absolute Gasteiger partial charge is 0.469 e. The van der Waals surface area contributed by atoms with Gasteiger partial charge in [-0.05, 0) is 56.9 Å². The number of nitrogens with zero attached hydrogens (tertiary/aromatic N) is 1. The molecule has 0 bridgehead atoms. The Bertz CT molecular complexity index is 572. The van der Waals surface area contributed by atoms with Gasteiger partial charge in [-0.25, -0.2) is 0 Å². The number of ether oxygens (including phenoxy) is 1. The van der Waals surface area contributed by atoms with Crippen molar-refractivity contribution < 1.29 is 14.3 Å². The molecule has 1 fully saturated rings. The number of hydrogen-bond donors (Lipinski definition) is 1. The van der Waals surface area contributed by atoms with Crippen LogP contribution in [0.5, 0.6) is 0 Å². The molecular weight excluding hydrogens is 304 g/mol. The SMILES string of the molecule is COC(=O)C1CCN(C(=O)C[C@@H](C)Nc2cc(C)cc(C)c2)CC1. The van der Waals surface area contributed by atoms with Crippen molar-refractivity contribution in [3.05, 3.63) is 29.3 Å². The summed E-state index contributed by atoms with van der Waals surface area (Å²) in [5.74, 6) is -0.0838. The zero-order valence-corrected chi connectivity index (χ0v) is 15.1. The topological polar surface area (TPSA) is 58.6 Å². The number of nitrogens with one attached hydrogen (secondary N) is 1. The highest BCUT2D eigenvalue weighted by atomic mass is 16.5. The lowest BCUT2D eigenvalue weighted by Crippen LogP contribution is -2.42. The van der Waals surface area contributed by atoms with Gasteiger partial charge in [-0.1, -0.05) is 6.07 Å². The molecule has 0 aromatic heterocycles. The van der Waals surface area contributed by atoms with Crippen LogP contribution in [0, 0.1) is 19.8 Å². The van der Waals surface area contributed by atoms with E-state index in [1.807, 2.05) is 11.8 Å². The molecule has 24 heavy (non-hydrogen) atoms. The molecule has 2 rings (SSSR count). The number of likely N-dealkylation sites (tertiary alicyclic amines) is 1. The van der Waals surface area contributed by atoms with E-state index in [0.717, 1.165) is 5.69 Å². The number of carbonyl (C=O) groups is 2. The smallest absolute Gasteiger partial charge is 0.308 e. The lowest BCUT2D eigenvalue weighted by Gasteiger charge is -2.31. The molecule has 0 unspecified atom stereocenters. The van der Waals surface area contributed by atoms with Crippen LogP contribution in [0.25, 0.3) is 0 Å². The Morgan fingerprint density at radius 3 is 2.33 bits per heavy atom. The second-order valence-corrected chi connectivity index (χ2v) is 6.80. The summed E-state index contributed by atoms with van der Waals surface area (Å²) in [5.41, 5.74) is 3.47. The molecule has 1 aliphatic rings. The number of esters is 1. The first-order valence-electron chi connectivity index (χ1n) is 8.59. The molecule has 1 aromatic rings. The van der Waals surface area contributed by atoms with Gasteiger partial charge in [0.25, 0.3) is 0 Å². The summed E-state index contributed by atoms with van der Waals surface area (Å²) in [6.07, 6.45) is 1.84. The van der Waals surface area contributed by atoms with Gasteiger partial charge in [-0.2, -0.15) is 0 Å². The Morgan fingerprint density at radius 1 is 1.21 bits per heavy atom. The summed E-state index contributed by atoms with van der Waals surface area (Å²) in [6.45, 7) is 7.43. The first kappa shape index (κ1) is 18.3. The van der Waals surface area contributed by atoms with E-state index in [4.69, 9.17) is 4.74 Å². The third-order valence-corrected chi connectivity index (χ3v) is 4.50. The number of amides is 1. The van der Waals surface area contributed by atoms with Crippen molar-refractivity contribution >= 4 is 17.6 Å². The van der Waals surface area contributed by atoms with Crippen molar-refractivity contribution in [3.63, 3.8) is 0 Å². The Hall–Kier alpha value is -2.04. The summed E-state index contributed by atoms with van der Waals surface area (Å²) in [5, 5.41) is 3.41. The van der Waals surface area contributed by atoms with Crippen LogP contribution in [0.4, 0.5) is 5.69 Å². The lowest BCUT2D eigenvalue weighted by atomic mass is 9.96. The number of aryl methyl sites for hydroxylation is 2. The summed E-state index contributed by atoms with van der Waals surface area (Å²) in [4.78, 5) is 25.9. The van der Waals surface area contributed by atoms with E-state index < -0.39 is 0 Å². The van der Waals surface area contributed by atoms with Gasteiger partial charge in [0.2, 0.25) is 5.91 Å². The van der Waals surface area contributed by atoms with Gasteiger partial charge in [0.05, 0.1) is 13.0 Å². The highest BCUT2D eigenvalue weighted by molar-refractivity contribution is 5.78. The quantitative estimate of drug-likeness (QED) is 0.842. The summed E-state index contributed by atoms with van der Waals surface area (Å²) < 4.78 is 4.78. The zero-order chi connectivity index (χ0) is 17.7. The second kappa shape index (κ2) is 8.18. The molecule has 1 N–H and O–H groups in total. The number of carbonyl (C=O) groups excluding carboxylic acids is 2. The van der Waals surface area contributed by atoms with Crippen LogP contribution in [0.2, 0.25) is 0 Å². The van der Waals surface area contributed by atoms with E-state index in [-0.39, 0.29) is 23.8 Å². The molecule has 5 nitrogen and oxygen atoms in total. The van der Waals surface area contributed by atoms with Gasteiger partial charge in [-0.15, -0.1) is 0 Å². The lowest BCUT2D eigenvalue weighted by molar-refractivity contribution is -0.148. The minimum Gasteiger partial charge on any atom is -0.469 e. The molecule has 132 valence electrons. The molecule has 1 heterocycles. The van der Waals surface area contributed by atoms with Crippen molar-refractivity contribution in [1.82, 2.24) is 4.90 Å². The van der Waals surface area contributed by atoms with Gasteiger partial charge in [0, 0.05) is 31.2 Å². The number of methoxy groups -OCH3 is 1. The standard InChI is InChI=1S/C19H28N2O3/c1-13-9-14(2)11-17(10-13)20-15(3)12-18(22)21-7-5-16(6-8-21)19(23)24-4/h9-11,15-16,20H,5-8,12H2,1-4H3/t15-/m1/s1. The molecule has 0 saturated carbocycles. The van der Waals surface area contributed by atoms with Crippen LogP contribution in [-0.2, 0) is 14.3 Å².